The number of anilines is 1. The van der Waals surface area contributed by atoms with E-state index in [4.69, 9.17) is 25.1 Å². The van der Waals surface area contributed by atoms with Crippen molar-refractivity contribution in [2.45, 2.75) is 12.8 Å². The van der Waals surface area contributed by atoms with E-state index in [9.17, 15) is 4.79 Å². The molecule has 1 aromatic carbocycles. The molecule has 0 fully saturated rings. The van der Waals surface area contributed by atoms with E-state index in [-0.39, 0.29) is 6.42 Å². The van der Waals surface area contributed by atoms with Gasteiger partial charge in [0.15, 0.2) is 11.5 Å². The van der Waals surface area contributed by atoms with Crippen molar-refractivity contribution < 1.29 is 24.1 Å². The standard InChI is InChI=1S/C12H17NO5/c1-16-8-6-7(4-5-9(14)15)10(13)12(18-3)11(8)17-2/h6H,4-5,13H2,1-3H3,(H,14,15). The summed E-state index contributed by atoms with van der Waals surface area (Å²) in [5.41, 5.74) is 6.96. The third-order valence-electron chi connectivity index (χ3n) is 2.56. The lowest BCUT2D eigenvalue weighted by atomic mass is 10.1. The number of rotatable bonds is 6. The van der Waals surface area contributed by atoms with Crippen LogP contribution in [0.1, 0.15) is 12.0 Å². The second-order valence-corrected chi connectivity index (χ2v) is 3.61. The first-order chi connectivity index (χ1) is 8.54. The number of nitrogen functional groups attached to an aromatic ring is 1. The van der Waals surface area contributed by atoms with Crippen molar-refractivity contribution in [2.75, 3.05) is 27.1 Å². The maximum Gasteiger partial charge on any atom is 0.303 e. The van der Waals surface area contributed by atoms with Crippen LogP contribution in [0.4, 0.5) is 5.69 Å². The molecule has 3 N–H and O–H groups in total. The Morgan fingerprint density at radius 1 is 1.22 bits per heavy atom. The molecule has 18 heavy (non-hydrogen) atoms. The quantitative estimate of drug-likeness (QED) is 0.745. The minimum absolute atomic E-state index is 0.0111. The second kappa shape index (κ2) is 6.00. The molecule has 0 bridgehead atoms. The zero-order valence-corrected chi connectivity index (χ0v) is 10.6. The van der Waals surface area contributed by atoms with Gasteiger partial charge in [0, 0.05) is 6.42 Å². The number of carboxylic acids is 1. The number of carbonyl (C=O) groups is 1. The summed E-state index contributed by atoms with van der Waals surface area (Å²) in [6.45, 7) is 0. The molecule has 0 unspecified atom stereocenters. The number of ether oxygens (including phenoxy) is 3. The summed E-state index contributed by atoms with van der Waals surface area (Å²) >= 11 is 0. The number of aryl methyl sites for hydroxylation is 1. The summed E-state index contributed by atoms with van der Waals surface area (Å²) in [6, 6.07) is 1.67. The van der Waals surface area contributed by atoms with Crippen molar-refractivity contribution in [1.82, 2.24) is 0 Å². The molecule has 0 radical (unpaired) electrons. The maximum absolute atomic E-state index is 10.6. The molecule has 0 aliphatic heterocycles. The Morgan fingerprint density at radius 3 is 2.28 bits per heavy atom. The van der Waals surface area contributed by atoms with E-state index in [1.54, 1.807) is 6.07 Å². The molecule has 6 heteroatoms. The molecule has 0 saturated carbocycles. The Bertz CT molecular complexity index is 445. The Kier molecular flexibility index (Phi) is 4.65. The first kappa shape index (κ1) is 14.0. The molecule has 0 saturated heterocycles. The highest BCUT2D eigenvalue weighted by molar-refractivity contribution is 5.72. The molecular weight excluding hydrogens is 238 g/mol. The van der Waals surface area contributed by atoms with Gasteiger partial charge in [0.2, 0.25) is 5.75 Å². The second-order valence-electron chi connectivity index (χ2n) is 3.61. The molecule has 1 aromatic rings. The molecule has 0 aliphatic rings. The van der Waals surface area contributed by atoms with Crippen LogP contribution in [0.25, 0.3) is 0 Å². The summed E-state index contributed by atoms with van der Waals surface area (Å²) < 4.78 is 15.5. The molecule has 0 spiro atoms. The predicted molar refractivity (Wildman–Crippen MR) is 66.5 cm³/mol. The smallest absolute Gasteiger partial charge is 0.303 e. The highest BCUT2D eigenvalue weighted by Crippen LogP contribution is 2.43. The fraction of sp³-hybridized carbons (Fsp3) is 0.417. The van der Waals surface area contributed by atoms with Crippen molar-refractivity contribution in [3.63, 3.8) is 0 Å². The zero-order chi connectivity index (χ0) is 13.7. The molecular formula is C12H17NO5. The first-order valence-electron chi connectivity index (χ1n) is 5.34. The molecule has 100 valence electrons. The Hall–Kier alpha value is -2.11. The number of hydrogen-bond acceptors (Lipinski definition) is 5. The minimum atomic E-state index is -0.886. The van der Waals surface area contributed by atoms with E-state index < -0.39 is 5.97 Å². The Balaban J connectivity index is 3.23. The SMILES string of the molecule is COc1cc(CCC(=O)O)c(N)c(OC)c1OC. The van der Waals surface area contributed by atoms with Crippen LogP contribution in [-0.4, -0.2) is 32.4 Å². The van der Waals surface area contributed by atoms with Crippen LogP contribution in [0.3, 0.4) is 0 Å². The van der Waals surface area contributed by atoms with Crippen molar-refractivity contribution in [3.8, 4) is 17.2 Å². The Labute approximate surface area is 105 Å². The zero-order valence-electron chi connectivity index (χ0n) is 10.6. The number of nitrogens with two attached hydrogens (primary N) is 1. The van der Waals surface area contributed by atoms with E-state index in [2.05, 4.69) is 0 Å². The van der Waals surface area contributed by atoms with Crippen LogP contribution in [0.2, 0.25) is 0 Å². The van der Waals surface area contributed by atoms with Gasteiger partial charge in [-0.25, -0.2) is 0 Å². The largest absolute Gasteiger partial charge is 0.493 e. The van der Waals surface area contributed by atoms with Crippen LogP contribution < -0.4 is 19.9 Å². The minimum Gasteiger partial charge on any atom is -0.493 e. The van der Waals surface area contributed by atoms with Gasteiger partial charge in [-0.3, -0.25) is 4.79 Å². The van der Waals surface area contributed by atoms with Crippen LogP contribution >= 0.6 is 0 Å². The monoisotopic (exact) mass is 255 g/mol. The molecule has 0 aromatic heterocycles. The van der Waals surface area contributed by atoms with Gasteiger partial charge >= 0.3 is 5.97 Å². The lowest BCUT2D eigenvalue weighted by Crippen LogP contribution is -2.05. The maximum atomic E-state index is 10.6. The molecule has 0 atom stereocenters. The third-order valence-corrected chi connectivity index (χ3v) is 2.56. The number of carboxylic acid groups (broad SMARTS) is 1. The summed E-state index contributed by atoms with van der Waals surface area (Å²) in [5, 5.41) is 8.69. The molecule has 6 nitrogen and oxygen atoms in total. The fourth-order valence-electron chi connectivity index (χ4n) is 1.68. The lowest BCUT2D eigenvalue weighted by molar-refractivity contribution is -0.136. The fourth-order valence-corrected chi connectivity index (χ4v) is 1.68. The van der Waals surface area contributed by atoms with E-state index in [0.717, 1.165) is 0 Å². The van der Waals surface area contributed by atoms with Gasteiger partial charge < -0.3 is 25.1 Å². The van der Waals surface area contributed by atoms with Crippen LogP contribution in [-0.2, 0) is 11.2 Å². The van der Waals surface area contributed by atoms with Crippen LogP contribution in [0.15, 0.2) is 6.07 Å². The normalized spacial score (nSPS) is 9.94. The van der Waals surface area contributed by atoms with Crippen molar-refractivity contribution in [2.24, 2.45) is 0 Å². The van der Waals surface area contributed by atoms with Crippen molar-refractivity contribution in [1.29, 1.82) is 0 Å². The topological polar surface area (TPSA) is 91.0 Å². The highest BCUT2D eigenvalue weighted by atomic mass is 16.5. The van der Waals surface area contributed by atoms with Gasteiger partial charge in [-0.05, 0) is 18.1 Å². The third kappa shape index (κ3) is 2.77. The Morgan fingerprint density at radius 2 is 1.83 bits per heavy atom. The number of benzene rings is 1. The summed E-state index contributed by atoms with van der Waals surface area (Å²) in [6.07, 6.45) is 0.292. The average Bonchev–Trinajstić information content (AvgIpc) is 2.36. The van der Waals surface area contributed by atoms with E-state index in [1.807, 2.05) is 0 Å². The van der Waals surface area contributed by atoms with Gasteiger partial charge in [-0.1, -0.05) is 0 Å². The van der Waals surface area contributed by atoms with Gasteiger partial charge in [0.05, 0.1) is 27.0 Å². The van der Waals surface area contributed by atoms with Crippen molar-refractivity contribution in [3.05, 3.63) is 11.6 Å². The predicted octanol–water partition coefficient (Wildman–Crippen LogP) is 1.31. The van der Waals surface area contributed by atoms with Crippen LogP contribution in [0, 0.1) is 0 Å². The molecule has 1 rings (SSSR count). The van der Waals surface area contributed by atoms with Gasteiger partial charge in [0.25, 0.3) is 0 Å². The van der Waals surface area contributed by atoms with E-state index in [0.29, 0.717) is 34.9 Å². The van der Waals surface area contributed by atoms with Crippen LogP contribution in [0.5, 0.6) is 17.2 Å². The molecule has 0 amide bonds. The van der Waals surface area contributed by atoms with E-state index in [1.165, 1.54) is 21.3 Å². The van der Waals surface area contributed by atoms with Crippen molar-refractivity contribution >= 4 is 11.7 Å². The summed E-state index contributed by atoms with van der Waals surface area (Å²) in [5.74, 6) is 0.334. The summed E-state index contributed by atoms with van der Waals surface area (Å²) in [4.78, 5) is 10.6. The lowest BCUT2D eigenvalue weighted by Gasteiger charge is -2.16. The van der Waals surface area contributed by atoms with E-state index >= 15 is 0 Å². The molecule has 0 aliphatic carbocycles. The van der Waals surface area contributed by atoms with Gasteiger partial charge in [-0.2, -0.15) is 0 Å². The van der Waals surface area contributed by atoms with Gasteiger partial charge in [-0.15, -0.1) is 0 Å². The number of aliphatic carboxylic acids is 1. The number of methoxy groups -OCH3 is 3. The first-order valence-corrected chi connectivity index (χ1v) is 5.34. The summed E-state index contributed by atoms with van der Waals surface area (Å²) in [7, 11) is 4.44. The highest BCUT2D eigenvalue weighted by Gasteiger charge is 2.18. The average molecular weight is 255 g/mol. The number of hydrogen-bond donors (Lipinski definition) is 2. The van der Waals surface area contributed by atoms with Gasteiger partial charge in [0.1, 0.15) is 0 Å². The molecule has 0 heterocycles.